The Labute approximate surface area is 149 Å². The number of benzene rings is 1. The highest BCUT2D eigenvalue weighted by atomic mass is 32.1. The molecule has 0 fully saturated rings. The molecule has 0 aliphatic heterocycles. The van der Waals surface area contributed by atoms with Crippen LogP contribution in [0.25, 0.3) is 0 Å². The summed E-state index contributed by atoms with van der Waals surface area (Å²) in [4.78, 5) is 27.8. The Morgan fingerprint density at radius 2 is 2.00 bits per heavy atom. The minimum atomic E-state index is -1.03. The normalized spacial score (nSPS) is 13.2. The first-order valence-electron chi connectivity index (χ1n) is 8.09. The monoisotopic (exact) mass is 364 g/mol. The summed E-state index contributed by atoms with van der Waals surface area (Å²) in [6.45, 7) is 3.68. The minimum Gasteiger partial charge on any atom is -0.480 e. The number of hydrogen-bond donors (Lipinski definition) is 2. The summed E-state index contributed by atoms with van der Waals surface area (Å²) >= 11 is 1.43. The highest BCUT2D eigenvalue weighted by molar-refractivity contribution is 7.09. The number of amides is 1. The smallest absolute Gasteiger partial charge is 0.326 e. The lowest BCUT2D eigenvalue weighted by Crippen LogP contribution is -2.45. The average Bonchev–Trinajstić information content (AvgIpc) is 3.00. The van der Waals surface area contributed by atoms with Gasteiger partial charge in [0.2, 0.25) is 5.91 Å². The molecule has 2 aromatic rings. The molecule has 5 nitrogen and oxygen atoms in total. The van der Waals surface area contributed by atoms with Crippen molar-refractivity contribution >= 4 is 23.2 Å². The van der Waals surface area contributed by atoms with Gasteiger partial charge in [0.15, 0.2) is 0 Å². The number of thiazole rings is 1. The topological polar surface area (TPSA) is 79.3 Å². The zero-order valence-corrected chi connectivity index (χ0v) is 15.0. The van der Waals surface area contributed by atoms with Gasteiger partial charge in [0.05, 0.1) is 17.1 Å². The number of carboxylic acid groups (broad SMARTS) is 1. The third-order valence-corrected chi connectivity index (χ3v) is 4.90. The molecule has 1 aromatic carbocycles. The summed E-state index contributed by atoms with van der Waals surface area (Å²) in [5, 5.41) is 14.4. The fraction of sp³-hybridized carbons (Fsp3) is 0.389. The number of carboxylic acids is 1. The van der Waals surface area contributed by atoms with Crippen LogP contribution in [0.1, 0.15) is 36.5 Å². The summed E-state index contributed by atoms with van der Waals surface area (Å²) in [6, 6.07) is 5.31. The number of halogens is 1. The second kappa shape index (κ2) is 8.71. The van der Waals surface area contributed by atoms with Gasteiger partial charge in [0.1, 0.15) is 11.9 Å². The van der Waals surface area contributed by atoms with Crippen molar-refractivity contribution in [3.8, 4) is 0 Å². The van der Waals surface area contributed by atoms with Gasteiger partial charge < -0.3 is 10.4 Å². The van der Waals surface area contributed by atoms with Crippen molar-refractivity contribution in [3.63, 3.8) is 0 Å². The lowest BCUT2D eigenvalue weighted by Gasteiger charge is -2.19. The molecule has 25 heavy (non-hydrogen) atoms. The molecule has 2 N–H and O–H groups in total. The van der Waals surface area contributed by atoms with Crippen LogP contribution in [0.4, 0.5) is 4.39 Å². The summed E-state index contributed by atoms with van der Waals surface area (Å²) in [6.07, 6.45) is 1.27. The van der Waals surface area contributed by atoms with E-state index >= 15 is 0 Å². The van der Waals surface area contributed by atoms with Crippen LogP contribution in [-0.4, -0.2) is 28.0 Å². The second-order valence-corrected chi connectivity index (χ2v) is 6.92. The van der Waals surface area contributed by atoms with E-state index in [1.54, 1.807) is 24.4 Å². The standard InChI is InChI=1S/C18H21FN2O3S/c1-3-11(2)17(18(23)24)21-15(22)9-14-10-25-16(20-14)8-12-4-6-13(19)7-5-12/h4-7,10-11,17H,3,8-9H2,1-2H3,(H,21,22)(H,23,24)/t11-,17-/m0/s1. The fourth-order valence-corrected chi connectivity index (χ4v) is 3.19. The molecular weight excluding hydrogens is 343 g/mol. The summed E-state index contributed by atoms with van der Waals surface area (Å²) in [5.74, 6) is -1.82. The van der Waals surface area contributed by atoms with Gasteiger partial charge in [-0.3, -0.25) is 4.79 Å². The lowest BCUT2D eigenvalue weighted by atomic mass is 9.99. The number of hydrogen-bond acceptors (Lipinski definition) is 4. The van der Waals surface area contributed by atoms with E-state index in [9.17, 15) is 19.1 Å². The predicted molar refractivity (Wildman–Crippen MR) is 94.0 cm³/mol. The van der Waals surface area contributed by atoms with Gasteiger partial charge in [0.25, 0.3) is 0 Å². The van der Waals surface area contributed by atoms with Crippen LogP contribution in [0.3, 0.4) is 0 Å². The number of aliphatic carboxylic acids is 1. The second-order valence-electron chi connectivity index (χ2n) is 5.98. The first-order valence-corrected chi connectivity index (χ1v) is 8.97. The van der Waals surface area contributed by atoms with Crippen LogP contribution in [0.2, 0.25) is 0 Å². The number of aromatic nitrogens is 1. The Bertz CT molecular complexity index is 730. The van der Waals surface area contributed by atoms with E-state index in [0.29, 0.717) is 18.5 Å². The van der Waals surface area contributed by atoms with Crippen molar-refractivity contribution in [2.75, 3.05) is 0 Å². The maximum absolute atomic E-state index is 12.9. The molecule has 1 aromatic heterocycles. The Kier molecular flexibility index (Phi) is 6.64. The largest absolute Gasteiger partial charge is 0.480 e. The van der Waals surface area contributed by atoms with Crippen LogP contribution in [0, 0.1) is 11.7 Å². The maximum atomic E-state index is 12.9. The number of nitrogens with one attached hydrogen (secondary N) is 1. The number of carbonyl (C=O) groups excluding carboxylic acids is 1. The van der Waals surface area contributed by atoms with Crippen molar-refractivity contribution in [2.45, 2.75) is 39.2 Å². The van der Waals surface area contributed by atoms with Gasteiger partial charge >= 0.3 is 5.97 Å². The molecule has 2 rings (SSSR count). The molecule has 0 aliphatic carbocycles. The van der Waals surface area contributed by atoms with Crippen molar-refractivity contribution in [3.05, 3.63) is 51.7 Å². The van der Waals surface area contributed by atoms with E-state index in [4.69, 9.17) is 0 Å². The van der Waals surface area contributed by atoms with Crippen molar-refractivity contribution in [1.29, 1.82) is 0 Å². The first kappa shape index (κ1) is 19.1. The molecule has 0 saturated carbocycles. The fourth-order valence-electron chi connectivity index (χ4n) is 2.36. The molecule has 7 heteroatoms. The highest BCUT2D eigenvalue weighted by Gasteiger charge is 2.25. The zero-order valence-electron chi connectivity index (χ0n) is 14.2. The molecular formula is C18H21FN2O3S. The van der Waals surface area contributed by atoms with Gasteiger partial charge in [0, 0.05) is 11.8 Å². The molecule has 134 valence electrons. The van der Waals surface area contributed by atoms with Crippen molar-refractivity contribution in [1.82, 2.24) is 10.3 Å². The summed E-state index contributed by atoms with van der Waals surface area (Å²) in [5.41, 5.74) is 1.54. The Morgan fingerprint density at radius 3 is 2.60 bits per heavy atom. The predicted octanol–water partition coefficient (Wildman–Crippen LogP) is 3.03. The quantitative estimate of drug-likeness (QED) is 0.755. The van der Waals surface area contributed by atoms with Crippen LogP contribution in [-0.2, 0) is 22.4 Å². The third kappa shape index (κ3) is 5.63. The van der Waals surface area contributed by atoms with E-state index in [0.717, 1.165) is 10.6 Å². The first-order chi connectivity index (χ1) is 11.9. The zero-order chi connectivity index (χ0) is 18.4. The van der Waals surface area contributed by atoms with Gasteiger partial charge in [-0.1, -0.05) is 32.4 Å². The highest BCUT2D eigenvalue weighted by Crippen LogP contribution is 2.16. The minimum absolute atomic E-state index is 0.0418. The van der Waals surface area contributed by atoms with Crippen LogP contribution in [0.5, 0.6) is 0 Å². The van der Waals surface area contributed by atoms with Gasteiger partial charge in [-0.25, -0.2) is 14.2 Å². The molecule has 2 atom stereocenters. The van der Waals surface area contributed by atoms with E-state index in [-0.39, 0.29) is 24.1 Å². The number of nitrogens with zero attached hydrogens (tertiary/aromatic N) is 1. The Balaban J connectivity index is 1.94. The number of carbonyl (C=O) groups is 2. The van der Waals surface area contributed by atoms with Gasteiger partial charge in [-0.15, -0.1) is 11.3 Å². The molecule has 0 saturated heterocycles. The van der Waals surface area contributed by atoms with Crippen LogP contribution >= 0.6 is 11.3 Å². The lowest BCUT2D eigenvalue weighted by molar-refractivity contribution is -0.143. The van der Waals surface area contributed by atoms with Crippen molar-refractivity contribution < 1.29 is 19.1 Å². The molecule has 0 aliphatic rings. The van der Waals surface area contributed by atoms with Gasteiger partial charge in [-0.2, -0.15) is 0 Å². The molecule has 1 heterocycles. The summed E-state index contributed by atoms with van der Waals surface area (Å²) in [7, 11) is 0. The third-order valence-electron chi connectivity index (χ3n) is 4.01. The van der Waals surface area contributed by atoms with E-state index < -0.39 is 12.0 Å². The van der Waals surface area contributed by atoms with E-state index in [1.807, 2.05) is 6.92 Å². The van der Waals surface area contributed by atoms with Crippen LogP contribution < -0.4 is 5.32 Å². The molecule has 0 spiro atoms. The Morgan fingerprint density at radius 1 is 1.32 bits per heavy atom. The summed E-state index contributed by atoms with van der Waals surface area (Å²) < 4.78 is 12.9. The average molecular weight is 364 g/mol. The van der Waals surface area contributed by atoms with Crippen molar-refractivity contribution in [2.24, 2.45) is 5.92 Å². The van der Waals surface area contributed by atoms with Gasteiger partial charge in [-0.05, 0) is 23.6 Å². The maximum Gasteiger partial charge on any atom is 0.326 e. The van der Waals surface area contributed by atoms with E-state index in [1.165, 1.54) is 23.5 Å². The molecule has 1 amide bonds. The van der Waals surface area contributed by atoms with Crippen LogP contribution in [0.15, 0.2) is 29.6 Å². The number of rotatable bonds is 8. The molecule has 0 bridgehead atoms. The SMILES string of the molecule is CC[C@H](C)[C@H](NC(=O)Cc1csc(Cc2ccc(F)cc2)n1)C(=O)O. The molecule has 0 unspecified atom stereocenters. The molecule has 0 radical (unpaired) electrons. The van der Waals surface area contributed by atoms with E-state index in [2.05, 4.69) is 10.3 Å². The Hall–Kier alpha value is -2.28.